The summed E-state index contributed by atoms with van der Waals surface area (Å²) in [6.45, 7) is 10.7. The average Bonchev–Trinajstić information content (AvgIpc) is 2.09. The summed E-state index contributed by atoms with van der Waals surface area (Å²) >= 11 is 0. The Morgan fingerprint density at radius 1 is 1.43 bits per heavy atom. The van der Waals surface area contributed by atoms with E-state index in [4.69, 9.17) is 0 Å². The predicted molar refractivity (Wildman–Crippen MR) is 64.3 cm³/mol. The number of allylic oxidation sites excluding steroid dienone is 5. The van der Waals surface area contributed by atoms with Gasteiger partial charge in [-0.15, -0.1) is 6.58 Å². The summed E-state index contributed by atoms with van der Waals surface area (Å²) in [5.41, 5.74) is 3.49. The van der Waals surface area contributed by atoms with Crippen molar-refractivity contribution < 1.29 is 0 Å². The summed E-state index contributed by atoms with van der Waals surface area (Å²) in [6.07, 6.45) is 11.4. The maximum Gasteiger partial charge on any atom is -0.0104 e. The van der Waals surface area contributed by atoms with Crippen LogP contribution in [-0.4, -0.2) is 0 Å². The van der Waals surface area contributed by atoms with Gasteiger partial charge in [0.15, 0.2) is 0 Å². The highest BCUT2D eigenvalue weighted by molar-refractivity contribution is 5.32. The van der Waals surface area contributed by atoms with E-state index in [0.29, 0.717) is 5.41 Å². The highest BCUT2D eigenvalue weighted by atomic mass is 14.3. The van der Waals surface area contributed by atoms with Crippen molar-refractivity contribution in [1.82, 2.24) is 0 Å². The maximum absolute atomic E-state index is 3.73. The van der Waals surface area contributed by atoms with Crippen LogP contribution in [0, 0.1) is 5.41 Å². The van der Waals surface area contributed by atoms with Crippen molar-refractivity contribution in [3.63, 3.8) is 0 Å². The molecule has 0 heterocycles. The summed E-state index contributed by atoms with van der Waals surface area (Å²) in [5, 5.41) is 0. The van der Waals surface area contributed by atoms with Crippen LogP contribution in [0.1, 0.15) is 46.5 Å². The monoisotopic (exact) mass is 190 g/mol. The van der Waals surface area contributed by atoms with Gasteiger partial charge in [0.05, 0.1) is 0 Å². The maximum atomic E-state index is 3.73. The molecule has 1 rings (SSSR count). The van der Waals surface area contributed by atoms with Gasteiger partial charge in [0.2, 0.25) is 0 Å². The molecule has 0 aromatic heterocycles. The molecule has 0 radical (unpaired) electrons. The van der Waals surface area contributed by atoms with Gasteiger partial charge in [-0.1, -0.05) is 37.6 Å². The first-order chi connectivity index (χ1) is 6.58. The predicted octanol–water partition coefficient (Wildman–Crippen LogP) is 4.65. The second-order valence-corrected chi connectivity index (χ2v) is 4.86. The van der Waals surface area contributed by atoms with Gasteiger partial charge in [-0.2, -0.15) is 0 Å². The summed E-state index contributed by atoms with van der Waals surface area (Å²) in [5.74, 6) is 0. The van der Waals surface area contributed by atoms with Gasteiger partial charge in [0, 0.05) is 0 Å². The molecule has 0 N–H and O–H groups in total. The van der Waals surface area contributed by atoms with E-state index in [1.54, 1.807) is 11.1 Å². The molecule has 0 saturated heterocycles. The van der Waals surface area contributed by atoms with Gasteiger partial charge >= 0.3 is 0 Å². The van der Waals surface area contributed by atoms with Gasteiger partial charge in [-0.3, -0.25) is 0 Å². The first-order valence-electron chi connectivity index (χ1n) is 5.55. The van der Waals surface area contributed by atoms with Crippen LogP contribution < -0.4 is 0 Å². The van der Waals surface area contributed by atoms with E-state index in [1.165, 1.54) is 19.3 Å². The Balaban J connectivity index is 2.84. The summed E-state index contributed by atoms with van der Waals surface area (Å²) in [7, 11) is 0. The van der Waals surface area contributed by atoms with Crippen molar-refractivity contribution >= 4 is 0 Å². The first-order valence-corrected chi connectivity index (χ1v) is 5.55. The van der Waals surface area contributed by atoms with E-state index in [0.717, 1.165) is 6.42 Å². The van der Waals surface area contributed by atoms with Crippen LogP contribution in [0.15, 0.2) is 36.0 Å². The van der Waals surface area contributed by atoms with Crippen molar-refractivity contribution in [3.05, 3.63) is 36.0 Å². The normalized spacial score (nSPS) is 21.6. The molecule has 14 heavy (non-hydrogen) atoms. The molecule has 1 aliphatic rings. The number of rotatable bonds is 3. The van der Waals surface area contributed by atoms with Crippen molar-refractivity contribution in [2.75, 3.05) is 0 Å². The molecule has 0 atom stereocenters. The molecule has 0 amide bonds. The second-order valence-electron chi connectivity index (χ2n) is 4.86. The number of hydrogen-bond acceptors (Lipinski definition) is 0. The Bertz CT molecular complexity index is 264. The van der Waals surface area contributed by atoms with E-state index < -0.39 is 0 Å². The van der Waals surface area contributed by atoms with Crippen LogP contribution in [-0.2, 0) is 0 Å². The van der Waals surface area contributed by atoms with Crippen molar-refractivity contribution in [2.24, 2.45) is 5.41 Å². The molecule has 78 valence electrons. The lowest BCUT2D eigenvalue weighted by Gasteiger charge is -2.32. The number of hydrogen-bond donors (Lipinski definition) is 0. The van der Waals surface area contributed by atoms with Crippen molar-refractivity contribution in [1.29, 1.82) is 0 Å². The third kappa shape index (κ3) is 2.60. The quantitative estimate of drug-likeness (QED) is 0.568. The van der Waals surface area contributed by atoms with Crippen LogP contribution in [0.25, 0.3) is 0 Å². The minimum absolute atomic E-state index is 0.375. The highest BCUT2D eigenvalue weighted by Gasteiger charge is 2.26. The van der Waals surface area contributed by atoms with Crippen LogP contribution in [0.2, 0.25) is 0 Å². The summed E-state index contributed by atoms with van der Waals surface area (Å²) in [4.78, 5) is 0. The van der Waals surface area contributed by atoms with Gasteiger partial charge in [-0.25, -0.2) is 0 Å². The lowest BCUT2D eigenvalue weighted by Crippen LogP contribution is -2.18. The topological polar surface area (TPSA) is 0 Å². The third-order valence-electron chi connectivity index (χ3n) is 3.13. The molecule has 0 nitrogen and oxygen atoms in total. The molecule has 0 saturated carbocycles. The summed E-state index contributed by atoms with van der Waals surface area (Å²) in [6, 6.07) is 0. The SMILES string of the molecule is C=CC/C=C/C1=C(C)CCCC1(C)C. The molecule has 0 aromatic carbocycles. The Morgan fingerprint density at radius 3 is 2.71 bits per heavy atom. The minimum Gasteiger partial charge on any atom is -0.103 e. The Labute approximate surface area is 88.4 Å². The van der Waals surface area contributed by atoms with Crippen LogP contribution in [0.3, 0.4) is 0 Å². The zero-order chi connectivity index (χ0) is 10.6. The van der Waals surface area contributed by atoms with Crippen LogP contribution in [0.5, 0.6) is 0 Å². The molecule has 0 bridgehead atoms. The molecule has 0 heteroatoms. The molecule has 0 aromatic rings. The second kappa shape index (κ2) is 4.63. The van der Waals surface area contributed by atoms with E-state index in [2.05, 4.69) is 39.5 Å². The van der Waals surface area contributed by atoms with Crippen LogP contribution in [0.4, 0.5) is 0 Å². The molecule has 1 aliphatic carbocycles. The highest BCUT2D eigenvalue weighted by Crippen LogP contribution is 2.40. The van der Waals surface area contributed by atoms with Gasteiger partial charge < -0.3 is 0 Å². The minimum atomic E-state index is 0.375. The largest absolute Gasteiger partial charge is 0.103 e. The Morgan fingerprint density at radius 2 is 2.14 bits per heavy atom. The van der Waals surface area contributed by atoms with E-state index in [-0.39, 0.29) is 0 Å². The van der Waals surface area contributed by atoms with Crippen molar-refractivity contribution in [2.45, 2.75) is 46.5 Å². The van der Waals surface area contributed by atoms with Crippen LogP contribution >= 0.6 is 0 Å². The average molecular weight is 190 g/mol. The Hall–Kier alpha value is -0.780. The fourth-order valence-electron chi connectivity index (χ4n) is 2.29. The third-order valence-corrected chi connectivity index (χ3v) is 3.13. The zero-order valence-corrected chi connectivity index (χ0v) is 9.77. The zero-order valence-electron chi connectivity index (χ0n) is 9.77. The fourth-order valence-corrected chi connectivity index (χ4v) is 2.29. The van der Waals surface area contributed by atoms with Crippen molar-refractivity contribution in [3.8, 4) is 0 Å². The molecule has 0 fully saturated rings. The van der Waals surface area contributed by atoms with E-state index in [1.807, 2.05) is 6.08 Å². The van der Waals surface area contributed by atoms with Gasteiger partial charge in [-0.05, 0) is 43.6 Å². The molecular weight excluding hydrogens is 168 g/mol. The first kappa shape index (κ1) is 11.3. The van der Waals surface area contributed by atoms with Gasteiger partial charge in [0.25, 0.3) is 0 Å². The lowest BCUT2D eigenvalue weighted by molar-refractivity contribution is 0.376. The standard InChI is InChI=1S/C14H22/c1-5-6-7-10-13-12(2)9-8-11-14(13,3)4/h5,7,10H,1,6,8-9,11H2,2-4H3/b10-7+. The molecule has 0 unspecified atom stereocenters. The van der Waals surface area contributed by atoms with Gasteiger partial charge in [0.1, 0.15) is 0 Å². The Kier molecular flexibility index (Phi) is 3.74. The van der Waals surface area contributed by atoms with E-state index in [9.17, 15) is 0 Å². The molecular formula is C14H22. The van der Waals surface area contributed by atoms with E-state index >= 15 is 0 Å². The summed E-state index contributed by atoms with van der Waals surface area (Å²) < 4.78 is 0. The fraction of sp³-hybridized carbons (Fsp3) is 0.571. The molecule has 0 spiro atoms. The molecule has 0 aliphatic heterocycles. The smallest absolute Gasteiger partial charge is 0.0104 e. The lowest BCUT2D eigenvalue weighted by atomic mass is 9.72.